The molecule has 0 saturated carbocycles. The van der Waals surface area contributed by atoms with Crippen LogP contribution >= 0.6 is 27.3 Å². The van der Waals surface area contributed by atoms with Gasteiger partial charge in [-0.1, -0.05) is 6.92 Å². The van der Waals surface area contributed by atoms with Crippen molar-refractivity contribution in [2.75, 3.05) is 0 Å². The summed E-state index contributed by atoms with van der Waals surface area (Å²) in [4.78, 5) is 1.54. The number of hydrogen-bond acceptors (Lipinski definition) is 3. The van der Waals surface area contributed by atoms with Crippen molar-refractivity contribution in [3.63, 3.8) is 0 Å². The number of nitrogens with zero attached hydrogens (tertiary/aromatic N) is 2. The lowest BCUT2D eigenvalue weighted by molar-refractivity contribution is 0.462. The van der Waals surface area contributed by atoms with E-state index < -0.39 is 0 Å². The van der Waals surface area contributed by atoms with Crippen LogP contribution in [0.1, 0.15) is 47.5 Å². The molecule has 20 heavy (non-hydrogen) atoms. The van der Waals surface area contributed by atoms with Gasteiger partial charge in [0.25, 0.3) is 0 Å². The van der Waals surface area contributed by atoms with E-state index in [4.69, 9.17) is 0 Å². The summed E-state index contributed by atoms with van der Waals surface area (Å²) in [6.07, 6.45) is 6.89. The lowest BCUT2D eigenvalue weighted by atomic mass is 9.94. The van der Waals surface area contributed by atoms with Crippen LogP contribution in [0, 0.1) is 0 Å². The minimum Gasteiger partial charge on any atom is -0.306 e. The molecule has 3 rings (SSSR count). The summed E-state index contributed by atoms with van der Waals surface area (Å²) in [5.41, 5.74) is 4.04. The van der Waals surface area contributed by atoms with Gasteiger partial charge in [-0.25, -0.2) is 0 Å². The van der Waals surface area contributed by atoms with Crippen LogP contribution in [0.15, 0.2) is 16.0 Å². The Morgan fingerprint density at radius 1 is 1.55 bits per heavy atom. The fraction of sp³-hybridized carbons (Fsp3) is 0.533. The molecule has 2 aromatic heterocycles. The van der Waals surface area contributed by atoms with Gasteiger partial charge in [0.15, 0.2) is 0 Å². The highest BCUT2D eigenvalue weighted by atomic mass is 79.9. The van der Waals surface area contributed by atoms with Crippen LogP contribution in [0.2, 0.25) is 0 Å². The molecule has 1 N–H and O–H groups in total. The fourth-order valence-electron chi connectivity index (χ4n) is 3.00. The van der Waals surface area contributed by atoms with Crippen LogP contribution < -0.4 is 5.32 Å². The SMILES string of the molecule is CCc1nn(C)cc1CNC1CCCc2sc(Br)cc21. The van der Waals surface area contributed by atoms with Crippen molar-refractivity contribution < 1.29 is 0 Å². The minimum atomic E-state index is 0.492. The molecule has 5 heteroatoms. The van der Waals surface area contributed by atoms with Gasteiger partial charge in [-0.05, 0) is 53.2 Å². The van der Waals surface area contributed by atoms with Crippen molar-refractivity contribution in [2.24, 2.45) is 7.05 Å². The fourth-order valence-corrected chi connectivity index (χ4v) is 4.82. The summed E-state index contributed by atoms with van der Waals surface area (Å²) < 4.78 is 3.18. The third-order valence-corrected chi connectivity index (χ3v) is 5.66. The van der Waals surface area contributed by atoms with E-state index in [-0.39, 0.29) is 0 Å². The van der Waals surface area contributed by atoms with Crippen LogP contribution in [0.25, 0.3) is 0 Å². The maximum Gasteiger partial charge on any atom is 0.0704 e. The molecule has 3 nitrogen and oxygen atoms in total. The highest BCUT2D eigenvalue weighted by Gasteiger charge is 2.22. The number of halogens is 1. The number of aromatic nitrogens is 2. The molecule has 1 aliphatic rings. The molecule has 0 amide bonds. The van der Waals surface area contributed by atoms with E-state index in [9.17, 15) is 0 Å². The first kappa shape index (κ1) is 14.3. The Kier molecular flexibility index (Phi) is 4.29. The molecule has 0 bridgehead atoms. The number of fused-ring (bicyclic) bond motifs is 1. The highest BCUT2D eigenvalue weighted by molar-refractivity contribution is 9.11. The quantitative estimate of drug-likeness (QED) is 0.900. The zero-order valence-corrected chi connectivity index (χ0v) is 14.4. The number of nitrogens with one attached hydrogen (secondary N) is 1. The van der Waals surface area contributed by atoms with Crippen molar-refractivity contribution in [2.45, 2.75) is 45.2 Å². The summed E-state index contributed by atoms with van der Waals surface area (Å²) in [5.74, 6) is 0. The third-order valence-electron chi connectivity index (χ3n) is 3.95. The first-order valence-electron chi connectivity index (χ1n) is 7.20. The highest BCUT2D eigenvalue weighted by Crippen LogP contribution is 2.38. The molecule has 0 saturated heterocycles. The van der Waals surface area contributed by atoms with E-state index in [1.165, 1.54) is 39.9 Å². The predicted molar refractivity (Wildman–Crippen MR) is 87.1 cm³/mol. The second kappa shape index (κ2) is 6.00. The Morgan fingerprint density at radius 3 is 3.20 bits per heavy atom. The molecule has 1 unspecified atom stereocenters. The van der Waals surface area contributed by atoms with Crippen molar-refractivity contribution in [1.29, 1.82) is 0 Å². The molecular weight excluding hydrogens is 334 g/mol. The van der Waals surface area contributed by atoms with Crippen LogP contribution in [0.5, 0.6) is 0 Å². The summed E-state index contributed by atoms with van der Waals surface area (Å²) in [6, 6.07) is 2.78. The summed E-state index contributed by atoms with van der Waals surface area (Å²) in [5, 5.41) is 8.24. The lowest BCUT2D eigenvalue weighted by Gasteiger charge is -2.23. The summed E-state index contributed by atoms with van der Waals surface area (Å²) >= 11 is 5.51. The summed E-state index contributed by atoms with van der Waals surface area (Å²) in [6.45, 7) is 3.08. The van der Waals surface area contributed by atoms with Gasteiger partial charge in [-0.3, -0.25) is 4.68 Å². The van der Waals surface area contributed by atoms with Gasteiger partial charge in [0, 0.05) is 36.3 Å². The average molecular weight is 354 g/mol. The largest absolute Gasteiger partial charge is 0.306 e. The monoisotopic (exact) mass is 353 g/mol. The van der Waals surface area contributed by atoms with Crippen LogP contribution in [-0.4, -0.2) is 9.78 Å². The van der Waals surface area contributed by atoms with Crippen molar-refractivity contribution >= 4 is 27.3 Å². The van der Waals surface area contributed by atoms with Gasteiger partial charge in [0.05, 0.1) is 9.48 Å². The van der Waals surface area contributed by atoms with Gasteiger partial charge in [0.2, 0.25) is 0 Å². The van der Waals surface area contributed by atoms with Gasteiger partial charge in [-0.15, -0.1) is 11.3 Å². The Bertz CT molecular complexity index is 602. The second-order valence-electron chi connectivity index (χ2n) is 5.38. The Balaban J connectivity index is 1.73. The molecule has 0 aromatic carbocycles. The van der Waals surface area contributed by atoms with Crippen molar-refractivity contribution in [1.82, 2.24) is 15.1 Å². The van der Waals surface area contributed by atoms with E-state index in [2.05, 4.69) is 45.5 Å². The molecule has 0 fully saturated rings. The van der Waals surface area contributed by atoms with Crippen molar-refractivity contribution in [3.8, 4) is 0 Å². The number of aryl methyl sites for hydroxylation is 3. The minimum absolute atomic E-state index is 0.492. The molecule has 1 aliphatic carbocycles. The Labute approximate surface area is 132 Å². The van der Waals surface area contributed by atoms with E-state index in [1.54, 1.807) is 4.88 Å². The van der Waals surface area contributed by atoms with Crippen LogP contribution in [0.3, 0.4) is 0 Å². The van der Waals surface area contributed by atoms with E-state index in [0.29, 0.717) is 6.04 Å². The molecule has 1 atom stereocenters. The molecule has 2 heterocycles. The maximum atomic E-state index is 4.51. The number of thiophene rings is 1. The van der Waals surface area contributed by atoms with E-state index in [0.717, 1.165) is 13.0 Å². The van der Waals surface area contributed by atoms with Gasteiger partial charge < -0.3 is 5.32 Å². The molecule has 0 aliphatic heterocycles. The summed E-state index contributed by atoms with van der Waals surface area (Å²) in [7, 11) is 2.00. The smallest absolute Gasteiger partial charge is 0.0704 e. The van der Waals surface area contributed by atoms with Crippen LogP contribution in [-0.2, 0) is 26.4 Å². The zero-order chi connectivity index (χ0) is 14.1. The molecular formula is C15H20BrN3S. The first-order chi connectivity index (χ1) is 9.67. The Morgan fingerprint density at radius 2 is 2.40 bits per heavy atom. The number of rotatable bonds is 4. The normalized spacial score (nSPS) is 18.2. The average Bonchev–Trinajstić information content (AvgIpc) is 2.97. The van der Waals surface area contributed by atoms with E-state index in [1.807, 2.05) is 23.1 Å². The zero-order valence-electron chi connectivity index (χ0n) is 11.9. The molecule has 108 valence electrons. The standard InChI is InChI=1S/C15H20BrN3S/c1-3-12-10(9-19(2)18-12)8-17-13-5-4-6-14-11(13)7-15(16)20-14/h7,9,13,17H,3-6,8H2,1-2H3. The lowest BCUT2D eigenvalue weighted by Crippen LogP contribution is -2.24. The molecule has 2 aromatic rings. The predicted octanol–water partition coefficient (Wildman–Crippen LogP) is 3.97. The van der Waals surface area contributed by atoms with Gasteiger partial charge in [-0.2, -0.15) is 5.10 Å². The molecule has 0 spiro atoms. The second-order valence-corrected chi connectivity index (χ2v) is 7.90. The van der Waals surface area contributed by atoms with Gasteiger partial charge >= 0.3 is 0 Å². The van der Waals surface area contributed by atoms with E-state index >= 15 is 0 Å². The Hall–Kier alpha value is -0.650. The topological polar surface area (TPSA) is 29.9 Å². The van der Waals surface area contributed by atoms with Crippen molar-refractivity contribution in [3.05, 3.63) is 37.7 Å². The number of hydrogen-bond donors (Lipinski definition) is 1. The van der Waals surface area contributed by atoms with Crippen LogP contribution in [0.4, 0.5) is 0 Å². The maximum absolute atomic E-state index is 4.51. The molecule has 0 radical (unpaired) electrons. The van der Waals surface area contributed by atoms with Gasteiger partial charge in [0.1, 0.15) is 0 Å². The first-order valence-corrected chi connectivity index (χ1v) is 8.81. The third kappa shape index (κ3) is 2.85.